The van der Waals surface area contributed by atoms with E-state index in [1.54, 1.807) is 4.90 Å². The third-order valence-electron chi connectivity index (χ3n) is 5.26. The number of benzene rings is 1. The van der Waals surface area contributed by atoms with Crippen LogP contribution in [0.4, 0.5) is 5.69 Å². The maximum atomic E-state index is 13.0. The van der Waals surface area contributed by atoms with Gasteiger partial charge in [-0.1, -0.05) is 43.4 Å². The average Bonchev–Trinajstić information content (AvgIpc) is 2.65. The molecule has 0 bridgehead atoms. The van der Waals surface area contributed by atoms with Gasteiger partial charge in [0.25, 0.3) is 0 Å². The van der Waals surface area contributed by atoms with Gasteiger partial charge in [-0.15, -0.1) is 0 Å². The molecular weight excluding hydrogens is 532 g/mol. The Labute approximate surface area is 168 Å². The van der Waals surface area contributed by atoms with Gasteiger partial charge in [-0.25, -0.2) is 0 Å². The second-order valence-corrected chi connectivity index (χ2v) is 14.6. The van der Waals surface area contributed by atoms with E-state index in [-0.39, 0.29) is 10.9 Å². The number of hydrogen-bond acceptors (Lipinski definition) is 2. The summed E-state index contributed by atoms with van der Waals surface area (Å²) in [7, 11) is -0.0287. The van der Waals surface area contributed by atoms with Gasteiger partial charge >= 0.3 is 0 Å². The molecule has 0 N–H and O–H groups in total. The summed E-state index contributed by atoms with van der Waals surface area (Å²) in [5.74, 6) is 0.155. The molecule has 2 rings (SSSR count). The molecule has 0 saturated carbocycles. The summed E-state index contributed by atoms with van der Waals surface area (Å²) in [6, 6.07) is 6.25. The number of halogens is 2. The number of carbonyl (C=O) groups excluding carboxylic acids is 1. The van der Waals surface area contributed by atoms with E-state index in [1.807, 2.05) is 7.05 Å². The number of nitrogens with zero attached hydrogens (tertiary/aromatic N) is 1. The second kappa shape index (κ2) is 6.57. The van der Waals surface area contributed by atoms with Gasteiger partial charge in [0.15, 0.2) is 8.32 Å². The highest BCUT2D eigenvalue weighted by Gasteiger charge is 2.51. The van der Waals surface area contributed by atoms with E-state index < -0.39 is 13.7 Å². The molecule has 0 aliphatic carbocycles. The Morgan fingerprint density at radius 3 is 2.43 bits per heavy atom. The van der Waals surface area contributed by atoms with Crippen molar-refractivity contribution in [1.29, 1.82) is 0 Å². The minimum Gasteiger partial charge on any atom is -0.415 e. The summed E-state index contributed by atoms with van der Waals surface area (Å²) in [4.78, 5) is 14.8. The molecule has 1 aromatic carbocycles. The van der Waals surface area contributed by atoms with Crippen LogP contribution >= 0.6 is 45.2 Å². The van der Waals surface area contributed by atoms with E-state index in [1.165, 1.54) is 0 Å². The maximum absolute atomic E-state index is 13.0. The van der Waals surface area contributed by atoms with E-state index in [0.717, 1.165) is 19.2 Å². The minimum absolute atomic E-state index is 0.140. The first kappa shape index (κ1) is 19.6. The molecule has 0 spiro atoms. The lowest BCUT2D eigenvalue weighted by Gasteiger charge is -2.39. The smallest absolute Gasteiger partial charge is 0.240 e. The Balaban J connectivity index is 2.42. The molecule has 1 amide bonds. The molecule has 1 unspecified atom stereocenters. The molecule has 1 atom stereocenters. The topological polar surface area (TPSA) is 29.5 Å². The van der Waals surface area contributed by atoms with Gasteiger partial charge in [0.2, 0.25) is 5.91 Å². The van der Waals surface area contributed by atoms with Crippen LogP contribution < -0.4 is 4.90 Å². The fourth-order valence-electron chi connectivity index (χ4n) is 2.56. The Bertz CT molecular complexity index is 628. The van der Waals surface area contributed by atoms with Gasteiger partial charge in [0, 0.05) is 20.7 Å². The zero-order valence-corrected chi connectivity index (χ0v) is 20.0. The van der Waals surface area contributed by atoms with Crippen LogP contribution in [0.25, 0.3) is 0 Å². The van der Waals surface area contributed by atoms with Gasteiger partial charge in [-0.3, -0.25) is 4.79 Å². The number of carbonyl (C=O) groups is 1. The van der Waals surface area contributed by atoms with E-state index in [4.69, 9.17) is 4.43 Å². The highest BCUT2D eigenvalue weighted by Crippen LogP contribution is 2.45. The van der Waals surface area contributed by atoms with Crippen LogP contribution in [0, 0.1) is 3.57 Å². The Hall–Kier alpha value is 0.327. The summed E-state index contributed by atoms with van der Waals surface area (Å²) in [5, 5.41) is 0.140. The number of fused-ring (bicyclic) bond motifs is 1. The van der Waals surface area contributed by atoms with E-state index in [0.29, 0.717) is 6.61 Å². The molecule has 6 heteroatoms. The van der Waals surface area contributed by atoms with Crippen LogP contribution in [-0.2, 0) is 14.6 Å². The Kier molecular flexibility index (Phi) is 5.61. The van der Waals surface area contributed by atoms with Crippen LogP contribution in [0.2, 0.25) is 18.1 Å². The fourth-order valence-corrected chi connectivity index (χ4v) is 5.05. The number of rotatable bonds is 4. The van der Waals surface area contributed by atoms with Crippen molar-refractivity contribution in [1.82, 2.24) is 0 Å². The normalized spacial score (nSPS) is 21.7. The number of anilines is 1. The Morgan fingerprint density at radius 2 is 1.91 bits per heavy atom. The Morgan fingerprint density at radius 1 is 1.30 bits per heavy atom. The monoisotopic (exact) mass is 557 g/mol. The lowest BCUT2D eigenvalue weighted by molar-refractivity contribution is -0.123. The first-order valence-corrected chi connectivity index (χ1v) is 13.3. The van der Waals surface area contributed by atoms with Gasteiger partial charge in [-0.2, -0.15) is 0 Å². The predicted octanol–water partition coefficient (Wildman–Crippen LogP) is 4.96. The first-order valence-electron chi connectivity index (χ1n) is 7.74. The van der Waals surface area contributed by atoms with Gasteiger partial charge in [0.1, 0.15) is 5.41 Å². The summed E-state index contributed by atoms with van der Waals surface area (Å²) >= 11 is 4.65. The lowest BCUT2D eigenvalue weighted by atomic mass is 9.85. The van der Waals surface area contributed by atoms with Crippen molar-refractivity contribution in [3.05, 3.63) is 27.3 Å². The number of likely N-dealkylation sites (N-methyl/N-ethyl adjacent to an activating group) is 1. The van der Waals surface area contributed by atoms with Gasteiger partial charge < -0.3 is 9.33 Å². The average molecular weight is 557 g/mol. The van der Waals surface area contributed by atoms with Crippen LogP contribution in [-0.4, -0.2) is 32.3 Å². The van der Waals surface area contributed by atoms with Gasteiger partial charge in [-0.05, 0) is 64.5 Å². The molecule has 0 fully saturated rings. The molecule has 0 saturated heterocycles. The van der Waals surface area contributed by atoms with Crippen LogP contribution in [0.15, 0.2) is 18.2 Å². The minimum atomic E-state index is -1.90. The van der Waals surface area contributed by atoms with Crippen molar-refractivity contribution in [2.75, 3.05) is 23.0 Å². The van der Waals surface area contributed by atoms with Crippen molar-refractivity contribution >= 4 is 65.1 Å². The summed E-state index contributed by atoms with van der Waals surface area (Å²) < 4.78 is 8.36. The highest BCUT2D eigenvalue weighted by molar-refractivity contribution is 14.1. The van der Waals surface area contributed by atoms with Crippen LogP contribution in [0.3, 0.4) is 0 Å². The maximum Gasteiger partial charge on any atom is 0.240 e. The first-order chi connectivity index (χ1) is 10.5. The molecule has 3 nitrogen and oxygen atoms in total. The molecule has 1 heterocycles. The zero-order valence-electron chi connectivity index (χ0n) is 14.7. The fraction of sp³-hybridized carbons (Fsp3) is 0.588. The molecule has 0 aromatic heterocycles. The third kappa shape index (κ3) is 3.37. The third-order valence-corrected chi connectivity index (χ3v) is 11.7. The molecule has 1 aromatic rings. The van der Waals surface area contributed by atoms with Crippen molar-refractivity contribution < 1.29 is 9.22 Å². The van der Waals surface area contributed by atoms with E-state index >= 15 is 0 Å². The standard InChI is InChI=1S/C17H25I2NO2Si/c1-16(2,3)23(5,6)22-11-17(10-18)13-9-12(19)7-8-14(13)20(4)15(17)21/h7-9H,10-11H2,1-6H3. The molecule has 23 heavy (non-hydrogen) atoms. The molecule has 1 aliphatic heterocycles. The van der Waals surface area contributed by atoms with Crippen molar-refractivity contribution in [3.63, 3.8) is 0 Å². The summed E-state index contributed by atoms with van der Waals surface area (Å²) in [6.07, 6.45) is 0. The van der Waals surface area contributed by atoms with E-state index in [9.17, 15) is 4.79 Å². The quantitative estimate of drug-likeness (QED) is 0.298. The summed E-state index contributed by atoms with van der Waals surface area (Å²) in [6.45, 7) is 11.7. The molecular formula is C17H25I2NO2Si. The number of amides is 1. The SMILES string of the molecule is CN1C(=O)C(CI)(CO[Si](C)(C)C(C)(C)C)c2cc(I)ccc21. The zero-order chi connectivity index (χ0) is 17.6. The number of alkyl halides is 1. The van der Waals surface area contributed by atoms with Crippen LogP contribution in [0.1, 0.15) is 26.3 Å². The van der Waals surface area contributed by atoms with E-state index in [2.05, 4.69) is 97.2 Å². The van der Waals surface area contributed by atoms with Crippen LogP contribution in [0.5, 0.6) is 0 Å². The van der Waals surface area contributed by atoms with Crippen molar-refractivity contribution in [3.8, 4) is 0 Å². The largest absolute Gasteiger partial charge is 0.415 e. The summed E-state index contributed by atoms with van der Waals surface area (Å²) in [5.41, 5.74) is 1.58. The van der Waals surface area contributed by atoms with Crippen molar-refractivity contribution in [2.45, 2.75) is 44.3 Å². The molecule has 0 radical (unpaired) electrons. The lowest BCUT2D eigenvalue weighted by Crippen LogP contribution is -2.49. The molecule has 128 valence electrons. The molecule has 1 aliphatic rings. The van der Waals surface area contributed by atoms with Gasteiger partial charge in [0.05, 0.1) is 6.61 Å². The number of hydrogen-bond donors (Lipinski definition) is 0. The second-order valence-electron chi connectivity index (χ2n) is 7.79. The van der Waals surface area contributed by atoms with Crippen molar-refractivity contribution in [2.24, 2.45) is 0 Å². The predicted molar refractivity (Wildman–Crippen MR) is 116 cm³/mol. The highest BCUT2D eigenvalue weighted by atomic mass is 127.